The quantitative estimate of drug-likeness (QED) is 0.657. The second kappa shape index (κ2) is 6.75. The summed E-state index contributed by atoms with van der Waals surface area (Å²) in [6, 6.07) is 19.2. The molecule has 0 radical (unpaired) electrons. The third-order valence-corrected chi connectivity index (χ3v) is 6.13. The van der Waals surface area contributed by atoms with Crippen LogP contribution in [0.15, 0.2) is 59.0 Å². The number of rotatable bonds is 2. The average Bonchev–Trinajstić information content (AvgIpc) is 2.73. The lowest BCUT2D eigenvalue weighted by molar-refractivity contribution is 1.13. The van der Waals surface area contributed by atoms with Gasteiger partial charge in [0.15, 0.2) is 0 Å². The molecule has 0 aliphatic carbocycles. The highest BCUT2D eigenvalue weighted by Crippen LogP contribution is 2.41. The van der Waals surface area contributed by atoms with Gasteiger partial charge >= 0.3 is 0 Å². The van der Waals surface area contributed by atoms with Crippen molar-refractivity contribution < 1.29 is 0 Å². The van der Waals surface area contributed by atoms with E-state index < -0.39 is 0 Å². The predicted molar refractivity (Wildman–Crippen MR) is 94.2 cm³/mol. The van der Waals surface area contributed by atoms with E-state index in [1.54, 1.807) is 11.8 Å². The first-order chi connectivity index (χ1) is 9.84. The van der Waals surface area contributed by atoms with Crippen LogP contribution in [0.4, 0.5) is 0 Å². The Kier molecular flexibility index (Phi) is 4.77. The van der Waals surface area contributed by atoms with Crippen molar-refractivity contribution in [3.05, 3.63) is 64.5 Å². The molecule has 0 unspecified atom stereocenters. The Morgan fingerprint density at radius 3 is 2.05 bits per heavy atom. The van der Waals surface area contributed by atoms with Crippen molar-refractivity contribution in [3.63, 3.8) is 0 Å². The van der Waals surface area contributed by atoms with Crippen LogP contribution in [0.1, 0.15) is 12.0 Å². The van der Waals surface area contributed by atoms with Crippen LogP contribution in [-0.4, -0.2) is 11.5 Å². The number of hydrogen-bond donors (Lipinski definition) is 0. The summed E-state index contributed by atoms with van der Waals surface area (Å²) in [7, 11) is 0. The van der Waals surface area contributed by atoms with Crippen LogP contribution in [0.2, 0.25) is 0 Å². The van der Waals surface area contributed by atoms with Gasteiger partial charge in [0.25, 0.3) is 0 Å². The van der Waals surface area contributed by atoms with Crippen LogP contribution in [0.5, 0.6) is 0 Å². The molecular weight excluding hydrogens is 304 g/mol. The molecule has 102 valence electrons. The van der Waals surface area contributed by atoms with Crippen molar-refractivity contribution in [2.45, 2.75) is 6.42 Å². The van der Waals surface area contributed by atoms with Crippen molar-refractivity contribution in [2.75, 3.05) is 11.5 Å². The summed E-state index contributed by atoms with van der Waals surface area (Å²) in [6.45, 7) is 0. The first-order valence-electron chi connectivity index (χ1n) is 6.66. The molecule has 0 saturated heterocycles. The fourth-order valence-corrected chi connectivity index (χ4v) is 4.83. The van der Waals surface area contributed by atoms with E-state index in [4.69, 9.17) is 11.6 Å². The zero-order valence-corrected chi connectivity index (χ0v) is 13.4. The van der Waals surface area contributed by atoms with Gasteiger partial charge < -0.3 is 0 Å². The molecule has 1 aliphatic heterocycles. The molecule has 0 N–H and O–H groups in total. The lowest BCUT2D eigenvalue weighted by atomic mass is 10.0. The molecule has 0 saturated carbocycles. The van der Waals surface area contributed by atoms with Gasteiger partial charge in [0.1, 0.15) is 0 Å². The van der Waals surface area contributed by atoms with Crippen LogP contribution in [0.25, 0.3) is 16.0 Å². The van der Waals surface area contributed by atoms with Crippen molar-refractivity contribution in [2.24, 2.45) is 0 Å². The molecule has 2 aromatic rings. The number of thioether (sulfide) groups is 2. The summed E-state index contributed by atoms with van der Waals surface area (Å²) in [6.07, 6.45) is 1.22. The molecule has 0 fully saturated rings. The zero-order chi connectivity index (χ0) is 13.8. The van der Waals surface area contributed by atoms with Gasteiger partial charge in [-0.05, 0) is 34.6 Å². The van der Waals surface area contributed by atoms with Gasteiger partial charge in [0.05, 0.1) is 4.36 Å². The summed E-state index contributed by atoms with van der Waals surface area (Å²) in [4.78, 5) is 1.23. The standard InChI is InChI=1S/C17H15ClS2/c18-17-16(19-11-4-12-20-17)15-9-7-14(8-10-15)13-5-2-1-3-6-13/h1-3,5-10H,4,11-12H2. The summed E-state index contributed by atoms with van der Waals surface area (Å²) >= 11 is 10.0. The number of halogens is 1. The van der Waals surface area contributed by atoms with Gasteiger partial charge in [-0.3, -0.25) is 0 Å². The van der Waals surface area contributed by atoms with E-state index >= 15 is 0 Å². The van der Waals surface area contributed by atoms with E-state index in [-0.39, 0.29) is 0 Å². The fourth-order valence-electron chi connectivity index (χ4n) is 2.16. The third-order valence-electron chi connectivity index (χ3n) is 3.20. The van der Waals surface area contributed by atoms with Crippen LogP contribution < -0.4 is 0 Å². The molecule has 0 atom stereocenters. The van der Waals surface area contributed by atoms with Gasteiger partial charge in [0, 0.05) is 4.91 Å². The normalized spacial score (nSPS) is 16.1. The Labute approximate surface area is 133 Å². The molecule has 0 bridgehead atoms. The Bertz CT molecular complexity index is 603. The van der Waals surface area contributed by atoms with Crippen LogP contribution in [-0.2, 0) is 0 Å². The molecule has 1 heterocycles. The Morgan fingerprint density at radius 2 is 1.30 bits per heavy atom. The van der Waals surface area contributed by atoms with Gasteiger partial charge in [-0.25, -0.2) is 0 Å². The predicted octanol–water partition coefficient (Wildman–Crippen LogP) is 6.09. The first kappa shape index (κ1) is 14.1. The molecule has 2 aromatic carbocycles. The molecule has 3 heteroatoms. The number of hydrogen-bond acceptors (Lipinski definition) is 2. The molecular formula is C17H15ClS2. The topological polar surface area (TPSA) is 0 Å². The second-order valence-electron chi connectivity index (χ2n) is 4.60. The first-order valence-corrected chi connectivity index (χ1v) is 9.01. The monoisotopic (exact) mass is 318 g/mol. The van der Waals surface area contributed by atoms with Crippen LogP contribution in [0.3, 0.4) is 0 Å². The largest absolute Gasteiger partial charge is 0.123 e. The van der Waals surface area contributed by atoms with E-state index in [1.165, 1.54) is 28.0 Å². The van der Waals surface area contributed by atoms with E-state index in [1.807, 2.05) is 17.8 Å². The van der Waals surface area contributed by atoms with E-state index in [0.29, 0.717) is 0 Å². The van der Waals surface area contributed by atoms with E-state index in [0.717, 1.165) is 15.9 Å². The molecule has 3 rings (SSSR count). The molecule has 1 aliphatic rings. The van der Waals surface area contributed by atoms with Gasteiger partial charge in [-0.15, -0.1) is 23.5 Å². The van der Waals surface area contributed by atoms with Gasteiger partial charge in [0.2, 0.25) is 0 Å². The zero-order valence-electron chi connectivity index (χ0n) is 11.0. The van der Waals surface area contributed by atoms with E-state index in [9.17, 15) is 0 Å². The minimum absolute atomic E-state index is 0.944. The Morgan fingerprint density at radius 1 is 0.700 bits per heavy atom. The third kappa shape index (κ3) is 3.25. The average molecular weight is 319 g/mol. The molecule has 0 nitrogen and oxygen atoms in total. The lowest BCUT2D eigenvalue weighted by Gasteiger charge is -2.08. The van der Waals surface area contributed by atoms with E-state index in [2.05, 4.69) is 48.5 Å². The maximum absolute atomic E-state index is 6.40. The molecule has 0 spiro atoms. The van der Waals surface area contributed by atoms with Gasteiger partial charge in [-0.1, -0.05) is 66.2 Å². The summed E-state index contributed by atoms with van der Waals surface area (Å²) in [5.41, 5.74) is 3.73. The SMILES string of the molecule is ClC1=C(c2ccc(-c3ccccc3)cc2)SCCCS1. The number of benzene rings is 2. The molecule has 0 aromatic heterocycles. The smallest absolute Gasteiger partial charge is 0.0877 e. The van der Waals surface area contributed by atoms with Crippen molar-refractivity contribution in [3.8, 4) is 11.1 Å². The molecule has 0 amide bonds. The van der Waals surface area contributed by atoms with Crippen molar-refractivity contribution in [1.29, 1.82) is 0 Å². The van der Waals surface area contributed by atoms with Crippen molar-refractivity contribution >= 4 is 40.0 Å². The highest BCUT2D eigenvalue weighted by Gasteiger charge is 2.13. The lowest BCUT2D eigenvalue weighted by Crippen LogP contribution is -1.84. The van der Waals surface area contributed by atoms with Crippen molar-refractivity contribution in [1.82, 2.24) is 0 Å². The second-order valence-corrected chi connectivity index (χ2v) is 7.41. The van der Waals surface area contributed by atoms with Gasteiger partial charge in [-0.2, -0.15) is 0 Å². The summed E-state index contributed by atoms with van der Waals surface area (Å²) < 4.78 is 0.944. The maximum atomic E-state index is 6.40. The van der Waals surface area contributed by atoms with Crippen LogP contribution in [0, 0.1) is 0 Å². The Hall–Kier alpha value is -0.830. The molecule has 20 heavy (non-hydrogen) atoms. The summed E-state index contributed by atoms with van der Waals surface area (Å²) in [5.74, 6) is 2.27. The Balaban J connectivity index is 1.90. The minimum Gasteiger partial charge on any atom is -0.123 e. The fraction of sp³-hybridized carbons (Fsp3) is 0.176. The summed E-state index contributed by atoms with van der Waals surface area (Å²) in [5, 5.41) is 0. The van der Waals surface area contributed by atoms with Crippen LogP contribution >= 0.6 is 35.1 Å². The maximum Gasteiger partial charge on any atom is 0.0877 e. The highest BCUT2D eigenvalue weighted by atomic mass is 35.5. The minimum atomic E-state index is 0.944. The highest BCUT2D eigenvalue weighted by molar-refractivity contribution is 8.12.